The lowest BCUT2D eigenvalue weighted by Gasteiger charge is -2.09. The van der Waals surface area contributed by atoms with Crippen molar-refractivity contribution in [3.63, 3.8) is 0 Å². The van der Waals surface area contributed by atoms with E-state index in [1.165, 1.54) is 0 Å². The number of hydrogen-bond donors (Lipinski definition) is 1. The molecule has 0 saturated heterocycles. The third-order valence-electron chi connectivity index (χ3n) is 1.92. The number of nitrogens with zero attached hydrogens (tertiary/aromatic N) is 3. The molecule has 1 heterocycles. The van der Waals surface area contributed by atoms with Gasteiger partial charge in [-0.15, -0.1) is 0 Å². The normalized spacial score (nSPS) is 10.6. The van der Waals surface area contributed by atoms with Gasteiger partial charge in [-0.1, -0.05) is 20.8 Å². The van der Waals surface area contributed by atoms with Crippen molar-refractivity contribution in [1.29, 1.82) is 0 Å². The van der Waals surface area contributed by atoms with Crippen molar-refractivity contribution in [1.82, 2.24) is 15.0 Å². The SMILES string of the molecule is CCCOc1nc(NCC)nc(C(C)C)n1. The molecule has 1 aromatic heterocycles. The van der Waals surface area contributed by atoms with Crippen molar-refractivity contribution in [2.24, 2.45) is 0 Å². The molecule has 0 bridgehead atoms. The molecule has 0 aliphatic rings. The zero-order valence-electron chi connectivity index (χ0n) is 10.4. The van der Waals surface area contributed by atoms with E-state index >= 15 is 0 Å². The van der Waals surface area contributed by atoms with Crippen molar-refractivity contribution < 1.29 is 4.74 Å². The number of ether oxygens (including phenoxy) is 1. The summed E-state index contributed by atoms with van der Waals surface area (Å²) < 4.78 is 5.43. The molecule has 1 N–H and O–H groups in total. The maximum atomic E-state index is 5.43. The lowest BCUT2D eigenvalue weighted by molar-refractivity contribution is 0.290. The Bertz CT molecular complexity index is 328. The van der Waals surface area contributed by atoms with Crippen LogP contribution in [0.25, 0.3) is 0 Å². The second-order valence-corrected chi connectivity index (χ2v) is 3.83. The molecular weight excluding hydrogens is 204 g/mol. The highest BCUT2D eigenvalue weighted by atomic mass is 16.5. The molecule has 0 atom stereocenters. The fourth-order valence-corrected chi connectivity index (χ4v) is 1.13. The summed E-state index contributed by atoms with van der Waals surface area (Å²) in [5.74, 6) is 1.62. The first kappa shape index (κ1) is 12.7. The average Bonchev–Trinajstić information content (AvgIpc) is 2.26. The van der Waals surface area contributed by atoms with Crippen LogP contribution in [0, 0.1) is 0 Å². The average molecular weight is 224 g/mol. The molecule has 5 heteroatoms. The summed E-state index contributed by atoms with van der Waals surface area (Å²) in [5, 5.41) is 3.08. The molecule has 1 aromatic rings. The van der Waals surface area contributed by atoms with Gasteiger partial charge in [-0.25, -0.2) is 0 Å². The summed E-state index contributed by atoms with van der Waals surface area (Å²) in [5.41, 5.74) is 0. The monoisotopic (exact) mass is 224 g/mol. The van der Waals surface area contributed by atoms with E-state index < -0.39 is 0 Å². The van der Waals surface area contributed by atoms with E-state index in [4.69, 9.17) is 4.74 Å². The Hall–Kier alpha value is -1.39. The van der Waals surface area contributed by atoms with Crippen LogP contribution < -0.4 is 10.1 Å². The molecule has 16 heavy (non-hydrogen) atoms. The van der Waals surface area contributed by atoms with E-state index in [1.807, 2.05) is 6.92 Å². The van der Waals surface area contributed by atoms with Gasteiger partial charge >= 0.3 is 6.01 Å². The van der Waals surface area contributed by atoms with Crippen LogP contribution in [0.15, 0.2) is 0 Å². The Labute approximate surface area is 96.7 Å². The van der Waals surface area contributed by atoms with Gasteiger partial charge in [-0.3, -0.25) is 0 Å². The predicted molar refractivity (Wildman–Crippen MR) is 63.9 cm³/mol. The highest BCUT2D eigenvalue weighted by Gasteiger charge is 2.09. The summed E-state index contributed by atoms with van der Waals surface area (Å²) >= 11 is 0. The molecule has 0 aliphatic carbocycles. The number of anilines is 1. The predicted octanol–water partition coefficient (Wildman–Crippen LogP) is 2.22. The third kappa shape index (κ3) is 3.64. The molecule has 0 unspecified atom stereocenters. The minimum atomic E-state index is 0.268. The van der Waals surface area contributed by atoms with E-state index in [-0.39, 0.29) is 5.92 Å². The van der Waals surface area contributed by atoms with Crippen LogP contribution in [0.4, 0.5) is 5.95 Å². The van der Waals surface area contributed by atoms with Gasteiger partial charge in [-0.05, 0) is 13.3 Å². The standard InChI is InChI=1S/C11H20N4O/c1-5-7-16-11-14-9(8(3)4)13-10(15-11)12-6-2/h8H,5-7H2,1-4H3,(H,12,13,14,15). The summed E-state index contributed by atoms with van der Waals surface area (Å²) in [6.07, 6.45) is 0.944. The number of nitrogens with one attached hydrogen (secondary N) is 1. The van der Waals surface area contributed by atoms with Gasteiger partial charge in [0.05, 0.1) is 6.61 Å². The van der Waals surface area contributed by atoms with Crippen molar-refractivity contribution >= 4 is 5.95 Å². The highest BCUT2D eigenvalue weighted by molar-refractivity contribution is 5.26. The van der Waals surface area contributed by atoms with E-state index in [0.29, 0.717) is 18.6 Å². The molecular formula is C11H20N4O. The molecule has 0 saturated carbocycles. The topological polar surface area (TPSA) is 59.9 Å². The Morgan fingerprint density at radius 3 is 2.50 bits per heavy atom. The molecule has 5 nitrogen and oxygen atoms in total. The van der Waals surface area contributed by atoms with E-state index in [1.54, 1.807) is 0 Å². The maximum Gasteiger partial charge on any atom is 0.321 e. The molecule has 90 valence electrons. The van der Waals surface area contributed by atoms with Crippen LogP contribution in [0.2, 0.25) is 0 Å². The fraction of sp³-hybridized carbons (Fsp3) is 0.727. The van der Waals surface area contributed by atoms with Crippen LogP contribution in [0.1, 0.15) is 45.9 Å². The lowest BCUT2D eigenvalue weighted by Crippen LogP contribution is -2.10. The minimum absolute atomic E-state index is 0.268. The Morgan fingerprint density at radius 1 is 1.19 bits per heavy atom. The molecule has 0 radical (unpaired) electrons. The molecule has 0 aromatic carbocycles. The smallest absolute Gasteiger partial charge is 0.321 e. The van der Waals surface area contributed by atoms with E-state index in [9.17, 15) is 0 Å². The summed E-state index contributed by atoms with van der Waals surface area (Å²) in [4.78, 5) is 12.8. The summed E-state index contributed by atoms with van der Waals surface area (Å²) in [6.45, 7) is 9.58. The Balaban J connectivity index is 2.89. The molecule has 0 fully saturated rings. The zero-order valence-corrected chi connectivity index (χ0v) is 10.4. The fourth-order valence-electron chi connectivity index (χ4n) is 1.13. The molecule has 0 aliphatic heterocycles. The number of aromatic nitrogens is 3. The number of hydrogen-bond acceptors (Lipinski definition) is 5. The van der Waals surface area contributed by atoms with Crippen molar-refractivity contribution in [2.75, 3.05) is 18.5 Å². The first-order chi connectivity index (χ1) is 7.67. The second-order valence-electron chi connectivity index (χ2n) is 3.83. The van der Waals surface area contributed by atoms with Gasteiger partial charge in [0.25, 0.3) is 0 Å². The van der Waals surface area contributed by atoms with Gasteiger partial charge in [0.2, 0.25) is 5.95 Å². The third-order valence-corrected chi connectivity index (χ3v) is 1.92. The van der Waals surface area contributed by atoms with E-state index in [0.717, 1.165) is 18.8 Å². The maximum absolute atomic E-state index is 5.43. The molecule has 0 amide bonds. The Morgan fingerprint density at radius 2 is 1.94 bits per heavy atom. The highest BCUT2D eigenvalue weighted by Crippen LogP contribution is 2.14. The zero-order chi connectivity index (χ0) is 12.0. The van der Waals surface area contributed by atoms with Gasteiger partial charge in [-0.2, -0.15) is 15.0 Å². The van der Waals surface area contributed by atoms with Crippen molar-refractivity contribution in [3.05, 3.63) is 5.82 Å². The van der Waals surface area contributed by atoms with Gasteiger partial charge in [0.15, 0.2) is 0 Å². The minimum Gasteiger partial charge on any atom is -0.463 e. The number of rotatable bonds is 6. The van der Waals surface area contributed by atoms with Crippen LogP contribution in [-0.2, 0) is 0 Å². The van der Waals surface area contributed by atoms with Gasteiger partial charge in [0, 0.05) is 12.5 Å². The van der Waals surface area contributed by atoms with Crippen molar-refractivity contribution in [3.8, 4) is 6.01 Å². The first-order valence-electron chi connectivity index (χ1n) is 5.80. The Kier molecular flexibility index (Phi) is 4.95. The van der Waals surface area contributed by atoms with E-state index in [2.05, 4.69) is 41.0 Å². The van der Waals surface area contributed by atoms with Crippen LogP contribution in [0.3, 0.4) is 0 Å². The largest absolute Gasteiger partial charge is 0.463 e. The summed E-state index contributed by atoms with van der Waals surface area (Å²) in [7, 11) is 0. The second kappa shape index (κ2) is 6.25. The van der Waals surface area contributed by atoms with Gasteiger partial charge in [0.1, 0.15) is 5.82 Å². The molecule has 1 rings (SSSR count). The van der Waals surface area contributed by atoms with Crippen LogP contribution in [0.5, 0.6) is 6.01 Å². The lowest BCUT2D eigenvalue weighted by atomic mass is 10.2. The molecule has 0 spiro atoms. The van der Waals surface area contributed by atoms with Crippen molar-refractivity contribution in [2.45, 2.75) is 40.0 Å². The first-order valence-corrected chi connectivity index (χ1v) is 5.80. The quantitative estimate of drug-likeness (QED) is 0.802. The summed E-state index contributed by atoms with van der Waals surface area (Å²) in [6, 6.07) is 0.413. The van der Waals surface area contributed by atoms with Gasteiger partial charge < -0.3 is 10.1 Å². The van der Waals surface area contributed by atoms with Crippen LogP contribution >= 0.6 is 0 Å². The van der Waals surface area contributed by atoms with Crippen LogP contribution in [-0.4, -0.2) is 28.1 Å².